The Bertz CT molecular complexity index is 272. The molecule has 0 saturated carbocycles. The Labute approximate surface area is 84.2 Å². The van der Waals surface area contributed by atoms with Gasteiger partial charge in [0.1, 0.15) is 0 Å². The average Bonchev–Trinajstić information content (AvgIpc) is 2.58. The van der Waals surface area contributed by atoms with E-state index in [1.165, 1.54) is 0 Å². The lowest BCUT2D eigenvalue weighted by molar-refractivity contribution is 0.181. The maximum atomic E-state index is 5.58. The first kappa shape index (κ1) is 11.1. The lowest BCUT2D eigenvalue weighted by Crippen LogP contribution is -2.11. The van der Waals surface area contributed by atoms with Gasteiger partial charge in [0, 0.05) is 13.7 Å². The van der Waals surface area contributed by atoms with Crippen molar-refractivity contribution in [3.8, 4) is 0 Å². The molecule has 0 saturated heterocycles. The second-order valence-electron chi connectivity index (χ2n) is 3.15. The maximum absolute atomic E-state index is 5.58. The predicted octanol–water partition coefficient (Wildman–Crippen LogP) is 0.336. The number of methoxy groups -OCH3 is 1. The molecule has 1 aromatic heterocycles. The van der Waals surface area contributed by atoms with Crippen LogP contribution in [0.3, 0.4) is 0 Å². The van der Waals surface area contributed by atoms with Gasteiger partial charge in [0.25, 0.3) is 0 Å². The summed E-state index contributed by atoms with van der Waals surface area (Å²) in [4.78, 5) is 0. The Balaban J connectivity index is 2.75. The monoisotopic (exact) mass is 198 g/mol. The van der Waals surface area contributed by atoms with Gasteiger partial charge in [0.05, 0.1) is 24.5 Å². The number of hydrogen-bond acceptors (Lipinski definition) is 4. The van der Waals surface area contributed by atoms with Crippen LogP contribution in [0.4, 0.5) is 0 Å². The second-order valence-corrected chi connectivity index (χ2v) is 3.15. The van der Waals surface area contributed by atoms with Crippen molar-refractivity contribution in [2.24, 2.45) is 5.73 Å². The number of aromatic nitrogens is 3. The van der Waals surface area contributed by atoms with Crippen LogP contribution in [0.15, 0.2) is 0 Å². The van der Waals surface area contributed by atoms with Crippen molar-refractivity contribution in [1.82, 2.24) is 15.0 Å². The molecular formula is C9H18N4O. The molecule has 80 valence electrons. The van der Waals surface area contributed by atoms with Crippen molar-refractivity contribution in [2.75, 3.05) is 13.7 Å². The highest BCUT2D eigenvalue weighted by atomic mass is 16.5. The van der Waals surface area contributed by atoms with Crippen LogP contribution in [0.25, 0.3) is 0 Å². The van der Waals surface area contributed by atoms with Gasteiger partial charge >= 0.3 is 0 Å². The highest BCUT2D eigenvalue weighted by molar-refractivity contribution is 5.09. The Morgan fingerprint density at radius 2 is 2.29 bits per heavy atom. The van der Waals surface area contributed by atoms with Gasteiger partial charge in [-0.05, 0) is 6.42 Å². The molecule has 0 fully saturated rings. The van der Waals surface area contributed by atoms with E-state index in [-0.39, 0.29) is 0 Å². The Morgan fingerprint density at radius 1 is 1.50 bits per heavy atom. The number of nitrogens with two attached hydrogens (primary N) is 1. The molecule has 0 unspecified atom stereocenters. The van der Waals surface area contributed by atoms with Gasteiger partial charge in [-0.15, -0.1) is 5.10 Å². The summed E-state index contributed by atoms with van der Waals surface area (Å²) in [6.07, 6.45) is 2.05. The van der Waals surface area contributed by atoms with Crippen molar-refractivity contribution in [3.63, 3.8) is 0 Å². The van der Waals surface area contributed by atoms with Gasteiger partial charge < -0.3 is 10.5 Å². The molecular weight excluding hydrogens is 180 g/mol. The zero-order chi connectivity index (χ0) is 10.4. The number of hydrogen-bond donors (Lipinski definition) is 1. The van der Waals surface area contributed by atoms with E-state index in [9.17, 15) is 0 Å². The van der Waals surface area contributed by atoms with E-state index in [1.54, 1.807) is 7.11 Å². The van der Waals surface area contributed by atoms with Gasteiger partial charge in [-0.2, -0.15) is 0 Å². The zero-order valence-electron chi connectivity index (χ0n) is 8.86. The first-order valence-corrected chi connectivity index (χ1v) is 4.93. The molecule has 2 N–H and O–H groups in total. The molecule has 1 aromatic rings. The standard InChI is InChI=1S/C9H18N4O/c1-3-4-9-8(7-10)11-12-13(9)5-6-14-2/h3-7,10H2,1-2H3. The molecule has 0 spiro atoms. The highest BCUT2D eigenvalue weighted by Crippen LogP contribution is 2.07. The van der Waals surface area contributed by atoms with Crippen LogP contribution >= 0.6 is 0 Å². The fourth-order valence-corrected chi connectivity index (χ4v) is 1.39. The minimum absolute atomic E-state index is 0.461. The van der Waals surface area contributed by atoms with Crippen LogP contribution in [-0.4, -0.2) is 28.7 Å². The molecule has 5 heteroatoms. The quantitative estimate of drug-likeness (QED) is 0.715. The molecule has 0 aromatic carbocycles. The summed E-state index contributed by atoms with van der Waals surface area (Å²) in [5.41, 5.74) is 7.63. The molecule has 0 radical (unpaired) electrons. The summed E-state index contributed by atoms with van der Waals surface area (Å²) in [5, 5.41) is 8.09. The molecule has 0 aliphatic heterocycles. The summed E-state index contributed by atoms with van der Waals surface area (Å²) in [6.45, 7) is 4.00. The third-order valence-corrected chi connectivity index (χ3v) is 2.11. The van der Waals surface area contributed by atoms with Crippen LogP contribution in [0, 0.1) is 0 Å². The molecule has 0 amide bonds. The van der Waals surface area contributed by atoms with E-state index >= 15 is 0 Å². The fourth-order valence-electron chi connectivity index (χ4n) is 1.39. The predicted molar refractivity (Wildman–Crippen MR) is 53.8 cm³/mol. The molecule has 0 bridgehead atoms. The third kappa shape index (κ3) is 2.52. The number of nitrogens with zero attached hydrogens (tertiary/aromatic N) is 3. The molecule has 1 rings (SSSR count). The van der Waals surface area contributed by atoms with Crippen molar-refractivity contribution >= 4 is 0 Å². The summed E-state index contributed by atoms with van der Waals surface area (Å²) < 4.78 is 6.89. The first-order valence-electron chi connectivity index (χ1n) is 4.93. The molecule has 0 atom stereocenters. The molecule has 14 heavy (non-hydrogen) atoms. The lowest BCUT2D eigenvalue weighted by Gasteiger charge is -2.05. The van der Waals surface area contributed by atoms with Crippen molar-refractivity contribution < 1.29 is 4.74 Å². The Kier molecular flexibility index (Phi) is 4.55. The molecule has 0 aliphatic carbocycles. The summed E-state index contributed by atoms with van der Waals surface area (Å²) in [6, 6.07) is 0. The SMILES string of the molecule is CCCc1c(CN)nnn1CCOC. The first-order chi connectivity index (χ1) is 6.83. The van der Waals surface area contributed by atoms with E-state index in [0.29, 0.717) is 13.2 Å². The van der Waals surface area contributed by atoms with Gasteiger partial charge in [-0.25, -0.2) is 4.68 Å². The smallest absolute Gasteiger partial charge is 0.0994 e. The minimum atomic E-state index is 0.461. The number of rotatable bonds is 6. The van der Waals surface area contributed by atoms with Gasteiger partial charge in [-0.3, -0.25) is 0 Å². The normalized spacial score (nSPS) is 10.8. The molecule has 0 aliphatic rings. The number of ether oxygens (including phenoxy) is 1. The Hall–Kier alpha value is -0.940. The topological polar surface area (TPSA) is 66.0 Å². The zero-order valence-corrected chi connectivity index (χ0v) is 8.86. The van der Waals surface area contributed by atoms with Crippen LogP contribution in [0.1, 0.15) is 24.7 Å². The fraction of sp³-hybridized carbons (Fsp3) is 0.778. The lowest BCUT2D eigenvalue weighted by atomic mass is 10.2. The van der Waals surface area contributed by atoms with Crippen molar-refractivity contribution in [2.45, 2.75) is 32.9 Å². The Morgan fingerprint density at radius 3 is 2.86 bits per heavy atom. The van der Waals surface area contributed by atoms with Crippen LogP contribution in [0.5, 0.6) is 0 Å². The van der Waals surface area contributed by atoms with Gasteiger partial charge in [0.2, 0.25) is 0 Å². The summed E-state index contributed by atoms with van der Waals surface area (Å²) in [7, 11) is 1.68. The van der Waals surface area contributed by atoms with E-state index in [4.69, 9.17) is 10.5 Å². The van der Waals surface area contributed by atoms with Gasteiger partial charge in [0.15, 0.2) is 0 Å². The second kappa shape index (κ2) is 5.72. The maximum Gasteiger partial charge on any atom is 0.0994 e. The largest absolute Gasteiger partial charge is 0.383 e. The van der Waals surface area contributed by atoms with E-state index < -0.39 is 0 Å². The highest BCUT2D eigenvalue weighted by Gasteiger charge is 2.09. The van der Waals surface area contributed by atoms with Crippen LogP contribution in [-0.2, 0) is 24.2 Å². The van der Waals surface area contributed by atoms with E-state index in [0.717, 1.165) is 30.8 Å². The van der Waals surface area contributed by atoms with Crippen molar-refractivity contribution in [3.05, 3.63) is 11.4 Å². The summed E-state index contributed by atoms with van der Waals surface area (Å²) in [5.74, 6) is 0. The van der Waals surface area contributed by atoms with Gasteiger partial charge in [-0.1, -0.05) is 18.6 Å². The average molecular weight is 198 g/mol. The van der Waals surface area contributed by atoms with E-state index in [1.807, 2.05) is 4.68 Å². The third-order valence-electron chi connectivity index (χ3n) is 2.11. The minimum Gasteiger partial charge on any atom is -0.383 e. The molecule has 5 nitrogen and oxygen atoms in total. The van der Waals surface area contributed by atoms with E-state index in [2.05, 4.69) is 17.2 Å². The van der Waals surface area contributed by atoms with Crippen LogP contribution < -0.4 is 5.73 Å². The summed E-state index contributed by atoms with van der Waals surface area (Å²) >= 11 is 0. The van der Waals surface area contributed by atoms with Crippen molar-refractivity contribution in [1.29, 1.82) is 0 Å². The van der Waals surface area contributed by atoms with Crippen LogP contribution in [0.2, 0.25) is 0 Å². The molecule has 1 heterocycles.